The second kappa shape index (κ2) is 7.13. The molecule has 1 amide bonds. The van der Waals surface area contributed by atoms with Crippen LogP contribution in [0.3, 0.4) is 0 Å². The number of benzene rings is 1. The van der Waals surface area contributed by atoms with Crippen LogP contribution in [-0.4, -0.2) is 35.0 Å². The largest absolute Gasteiger partial charge is 0.478 e. The van der Waals surface area contributed by atoms with Gasteiger partial charge in [0.25, 0.3) is 0 Å². The van der Waals surface area contributed by atoms with Crippen molar-refractivity contribution in [3.8, 4) is 0 Å². The van der Waals surface area contributed by atoms with Crippen molar-refractivity contribution in [3.63, 3.8) is 0 Å². The first-order valence-electron chi connectivity index (χ1n) is 6.70. The number of allylic oxidation sites excluding steroid dienone is 1. The molecule has 1 aliphatic heterocycles. The summed E-state index contributed by atoms with van der Waals surface area (Å²) in [6.07, 6.45) is 0. The number of carbonyl (C=O) groups is 2. The molecule has 0 aliphatic carbocycles. The van der Waals surface area contributed by atoms with Gasteiger partial charge in [-0.2, -0.15) is 0 Å². The Bertz CT molecular complexity index is 641. The van der Waals surface area contributed by atoms with Gasteiger partial charge in [0, 0.05) is 12.7 Å². The topological polar surface area (TPSA) is 90.8 Å². The highest BCUT2D eigenvalue weighted by molar-refractivity contribution is 8.14. The van der Waals surface area contributed by atoms with Crippen LogP contribution >= 0.6 is 11.8 Å². The van der Waals surface area contributed by atoms with Crippen LogP contribution in [0.15, 0.2) is 46.6 Å². The lowest BCUT2D eigenvalue weighted by atomic mass is 9.97. The van der Waals surface area contributed by atoms with E-state index in [0.29, 0.717) is 10.9 Å². The fourth-order valence-electron chi connectivity index (χ4n) is 2.08. The van der Waals surface area contributed by atoms with Gasteiger partial charge in [-0.25, -0.2) is 9.79 Å². The predicted octanol–water partition coefficient (Wildman–Crippen LogP) is 1.52. The first kappa shape index (κ1) is 16.1. The van der Waals surface area contributed by atoms with Crippen molar-refractivity contribution >= 4 is 28.8 Å². The maximum Gasteiger partial charge on any atom is 0.335 e. The van der Waals surface area contributed by atoms with E-state index in [9.17, 15) is 14.7 Å². The number of carboxylic acid groups (broad SMARTS) is 1. The molecule has 2 rings (SSSR count). The van der Waals surface area contributed by atoms with Gasteiger partial charge in [0.15, 0.2) is 5.17 Å². The van der Waals surface area contributed by atoms with E-state index >= 15 is 0 Å². The van der Waals surface area contributed by atoms with Gasteiger partial charge < -0.3 is 15.7 Å². The molecule has 1 atom stereocenters. The highest BCUT2D eigenvalue weighted by Crippen LogP contribution is 2.31. The minimum atomic E-state index is -1.00. The summed E-state index contributed by atoms with van der Waals surface area (Å²) in [6, 6.07) is 8.67. The third kappa shape index (κ3) is 3.67. The number of thioether (sulfide) groups is 1. The maximum absolute atomic E-state index is 11.5. The number of hydrogen-bond donors (Lipinski definition) is 3. The van der Waals surface area contributed by atoms with E-state index < -0.39 is 12.0 Å². The summed E-state index contributed by atoms with van der Waals surface area (Å²) in [4.78, 5) is 27.3. The zero-order valence-electron chi connectivity index (χ0n) is 12.3. The van der Waals surface area contributed by atoms with Crippen LogP contribution in [0, 0.1) is 0 Å². The van der Waals surface area contributed by atoms with Crippen LogP contribution in [0.1, 0.15) is 18.5 Å². The highest BCUT2D eigenvalue weighted by Gasteiger charge is 2.29. The zero-order valence-corrected chi connectivity index (χ0v) is 13.1. The van der Waals surface area contributed by atoms with Crippen molar-refractivity contribution in [2.75, 3.05) is 12.8 Å². The first-order valence-corrected chi connectivity index (χ1v) is 7.68. The summed E-state index contributed by atoms with van der Waals surface area (Å²) < 4.78 is 0. The number of hydrogen-bond acceptors (Lipinski definition) is 5. The summed E-state index contributed by atoms with van der Waals surface area (Å²) in [7, 11) is 1.57. The van der Waals surface area contributed by atoms with Gasteiger partial charge in [-0.05, 0) is 12.5 Å². The quantitative estimate of drug-likeness (QED) is 0.783. The van der Waals surface area contributed by atoms with E-state index in [1.165, 1.54) is 11.8 Å². The number of amidine groups is 1. The second-order valence-corrected chi connectivity index (χ2v) is 5.64. The highest BCUT2D eigenvalue weighted by atomic mass is 32.2. The van der Waals surface area contributed by atoms with Gasteiger partial charge in [0.05, 0.1) is 11.3 Å². The fraction of sp³-hybridized carbons (Fsp3) is 0.267. The molecular weight excluding hydrogens is 302 g/mol. The Labute approximate surface area is 132 Å². The Kier molecular flexibility index (Phi) is 5.21. The third-order valence-corrected chi connectivity index (χ3v) is 4.07. The Morgan fingerprint density at radius 1 is 1.36 bits per heavy atom. The number of carboxylic acids is 1. The number of rotatable bonds is 4. The smallest absolute Gasteiger partial charge is 0.335 e. The standard InChI is InChI=1S/C15H17N3O3S/c1-9-12(14(20)21)13(10-6-4-3-5-7-10)18-15(17-9)22-8-11(19)16-2/h3-7,13H,8H2,1-2H3,(H,16,19)(H,17,18)(H,20,21). The van der Waals surface area contributed by atoms with E-state index in [-0.39, 0.29) is 17.2 Å². The average molecular weight is 319 g/mol. The van der Waals surface area contributed by atoms with Crippen LogP contribution in [0.4, 0.5) is 0 Å². The van der Waals surface area contributed by atoms with Crippen molar-refractivity contribution in [1.29, 1.82) is 0 Å². The van der Waals surface area contributed by atoms with Gasteiger partial charge >= 0.3 is 5.97 Å². The lowest BCUT2D eigenvalue weighted by molar-refractivity contribution is -0.133. The Morgan fingerprint density at radius 2 is 2.05 bits per heavy atom. The lowest BCUT2D eigenvalue weighted by Gasteiger charge is -2.24. The number of nitrogens with zero attached hydrogens (tertiary/aromatic N) is 1. The molecule has 116 valence electrons. The molecule has 3 N–H and O–H groups in total. The lowest BCUT2D eigenvalue weighted by Crippen LogP contribution is -2.31. The van der Waals surface area contributed by atoms with Gasteiger partial charge in [0.2, 0.25) is 5.91 Å². The Morgan fingerprint density at radius 3 is 2.64 bits per heavy atom. The molecule has 22 heavy (non-hydrogen) atoms. The van der Waals surface area contributed by atoms with E-state index in [0.717, 1.165) is 5.56 Å². The van der Waals surface area contributed by atoms with Gasteiger partial charge in [0.1, 0.15) is 6.04 Å². The molecule has 1 aromatic carbocycles. The van der Waals surface area contributed by atoms with Crippen LogP contribution < -0.4 is 10.6 Å². The van der Waals surface area contributed by atoms with E-state index in [1.54, 1.807) is 14.0 Å². The van der Waals surface area contributed by atoms with Crippen LogP contribution in [0.2, 0.25) is 0 Å². The number of nitrogens with one attached hydrogen (secondary N) is 2. The number of carbonyl (C=O) groups excluding carboxylic acids is 1. The molecule has 0 bridgehead atoms. The van der Waals surface area contributed by atoms with Crippen LogP contribution in [0.5, 0.6) is 0 Å². The number of amides is 1. The van der Waals surface area contributed by atoms with Gasteiger partial charge in [-0.15, -0.1) is 0 Å². The summed E-state index contributed by atoms with van der Waals surface area (Å²) in [6.45, 7) is 1.70. The summed E-state index contributed by atoms with van der Waals surface area (Å²) in [5, 5.41) is 15.5. The molecule has 1 aliphatic rings. The molecule has 1 aromatic rings. The molecule has 0 spiro atoms. The normalized spacial score (nSPS) is 17.5. The molecule has 0 aromatic heterocycles. The third-order valence-electron chi connectivity index (χ3n) is 3.18. The summed E-state index contributed by atoms with van der Waals surface area (Å²) >= 11 is 1.25. The van der Waals surface area contributed by atoms with E-state index in [4.69, 9.17) is 0 Å². The van der Waals surface area contributed by atoms with Crippen molar-refractivity contribution in [2.24, 2.45) is 4.99 Å². The number of aliphatic imine (C=N–C) groups is 1. The number of aliphatic carboxylic acids is 1. The molecule has 1 unspecified atom stereocenters. The van der Waals surface area contributed by atoms with Crippen molar-refractivity contribution in [2.45, 2.75) is 13.0 Å². The van der Waals surface area contributed by atoms with Crippen molar-refractivity contribution in [3.05, 3.63) is 47.2 Å². The molecule has 6 nitrogen and oxygen atoms in total. The Hall–Kier alpha value is -2.28. The molecule has 0 fully saturated rings. The molecule has 0 radical (unpaired) electrons. The molecule has 7 heteroatoms. The Balaban J connectivity index is 2.30. The van der Waals surface area contributed by atoms with E-state index in [2.05, 4.69) is 15.6 Å². The zero-order chi connectivity index (χ0) is 16.1. The molecule has 0 saturated heterocycles. The van der Waals surface area contributed by atoms with Crippen LogP contribution in [-0.2, 0) is 9.59 Å². The first-order chi connectivity index (χ1) is 10.5. The minimum absolute atomic E-state index is 0.114. The van der Waals surface area contributed by atoms with Gasteiger partial charge in [-0.1, -0.05) is 42.1 Å². The average Bonchev–Trinajstić information content (AvgIpc) is 2.52. The SMILES string of the molecule is CNC(=O)CSC1=NC(c2ccccc2)C(C(=O)O)=C(C)N1. The molecule has 0 saturated carbocycles. The fourth-order valence-corrected chi connectivity index (χ4v) is 2.90. The predicted molar refractivity (Wildman–Crippen MR) is 86.6 cm³/mol. The summed E-state index contributed by atoms with van der Waals surface area (Å²) in [5.74, 6) is -0.895. The van der Waals surface area contributed by atoms with Gasteiger partial charge in [-0.3, -0.25) is 4.79 Å². The molecular formula is C15H17N3O3S. The molecule has 1 heterocycles. The summed E-state index contributed by atoms with van der Waals surface area (Å²) in [5.41, 5.74) is 1.56. The van der Waals surface area contributed by atoms with E-state index in [1.807, 2.05) is 30.3 Å². The maximum atomic E-state index is 11.5. The second-order valence-electron chi connectivity index (χ2n) is 4.68. The van der Waals surface area contributed by atoms with Crippen LogP contribution in [0.25, 0.3) is 0 Å². The van der Waals surface area contributed by atoms with Crippen molar-refractivity contribution in [1.82, 2.24) is 10.6 Å². The minimum Gasteiger partial charge on any atom is -0.478 e. The van der Waals surface area contributed by atoms with Crippen molar-refractivity contribution < 1.29 is 14.7 Å². The monoisotopic (exact) mass is 319 g/mol.